The molecular formula is C20H34ClIN4O2. The molecule has 0 aliphatic heterocycles. The minimum absolute atomic E-state index is 0. The number of aliphatic hydroxyl groups is 1. The molecule has 0 radical (unpaired) electrons. The van der Waals surface area contributed by atoms with E-state index in [0.717, 1.165) is 31.4 Å². The van der Waals surface area contributed by atoms with Crippen molar-refractivity contribution in [2.75, 3.05) is 31.6 Å². The number of halogens is 2. The minimum Gasteiger partial charge on any atom is -0.396 e. The summed E-state index contributed by atoms with van der Waals surface area (Å²) in [5, 5.41) is 18.9. The van der Waals surface area contributed by atoms with Gasteiger partial charge < -0.3 is 21.1 Å². The van der Waals surface area contributed by atoms with E-state index >= 15 is 0 Å². The van der Waals surface area contributed by atoms with Gasteiger partial charge in [0.25, 0.3) is 0 Å². The molecular weight excluding hydrogens is 491 g/mol. The SMILES string of the molecule is CCCC(CCO)CN=C(NCC)NCCC(=O)Nc1ccc(C)cc1Cl.I. The molecule has 0 saturated carbocycles. The molecule has 0 fully saturated rings. The molecule has 0 heterocycles. The van der Waals surface area contributed by atoms with Crippen LogP contribution in [0.25, 0.3) is 0 Å². The molecule has 6 nitrogen and oxygen atoms in total. The number of aryl methyl sites for hydroxylation is 1. The first-order valence-corrected chi connectivity index (χ1v) is 10.1. The second-order valence-corrected chi connectivity index (χ2v) is 7.00. The van der Waals surface area contributed by atoms with Crippen molar-refractivity contribution in [2.45, 2.75) is 46.5 Å². The summed E-state index contributed by atoms with van der Waals surface area (Å²) in [6.45, 7) is 8.15. The number of rotatable bonds is 11. The Morgan fingerprint density at radius 1 is 1.25 bits per heavy atom. The summed E-state index contributed by atoms with van der Waals surface area (Å²) in [7, 11) is 0. The highest BCUT2D eigenvalue weighted by atomic mass is 127. The topological polar surface area (TPSA) is 85.8 Å². The van der Waals surface area contributed by atoms with E-state index in [1.165, 1.54) is 0 Å². The molecule has 28 heavy (non-hydrogen) atoms. The summed E-state index contributed by atoms with van der Waals surface area (Å²) in [6.07, 6.45) is 3.19. The predicted octanol–water partition coefficient (Wildman–Crippen LogP) is 3.95. The van der Waals surface area contributed by atoms with Gasteiger partial charge in [0, 0.05) is 32.7 Å². The van der Waals surface area contributed by atoms with Crippen LogP contribution in [0.4, 0.5) is 5.69 Å². The molecule has 1 aromatic rings. The summed E-state index contributed by atoms with van der Waals surface area (Å²) < 4.78 is 0. The Kier molecular flexibility index (Phi) is 15.2. The van der Waals surface area contributed by atoms with Crippen molar-refractivity contribution in [2.24, 2.45) is 10.9 Å². The van der Waals surface area contributed by atoms with Crippen LogP contribution < -0.4 is 16.0 Å². The summed E-state index contributed by atoms with van der Waals surface area (Å²) in [6, 6.07) is 5.54. The Morgan fingerprint density at radius 3 is 2.61 bits per heavy atom. The van der Waals surface area contributed by atoms with Crippen LogP contribution in [0.2, 0.25) is 5.02 Å². The summed E-state index contributed by atoms with van der Waals surface area (Å²) in [5.41, 5.74) is 1.67. The van der Waals surface area contributed by atoms with Crippen molar-refractivity contribution >= 4 is 53.1 Å². The van der Waals surface area contributed by atoms with Gasteiger partial charge in [-0.05, 0) is 50.3 Å². The van der Waals surface area contributed by atoms with Crippen molar-refractivity contribution < 1.29 is 9.90 Å². The van der Waals surface area contributed by atoms with Crippen LogP contribution in [0.15, 0.2) is 23.2 Å². The van der Waals surface area contributed by atoms with E-state index in [4.69, 9.17) is 16.7 Å². The number of benzene rings is 1. The number of anilines is 1. The van der Waals surface area contributed by atoms with Crippen LogP contribution in [-0.4, -0.2) is 43.2 Å². The van der Waals surface area contributed by atoms with Crippen molar-refractivity contribution in [3.05, 3.63) is 28.8 Å². The molecule has 0 aromatic heterocycles. The molecule has 0 bridgehead atoms. The first kappa shape index (κ1) is 26.9. The molecule has 8 heteroatoms. The van der Waals surface area contributed by atoms with Crippen LogP contribution >= 0.6 is 35.6 Å². The third kappa shape index (κ3) is 11.1. The second kappa shape index (κ2) is 15.8. The van der Waals surface area contributed by atoms with Crippen molar-refractivity contribution in [3.63, 3.8) is 0 Å². The van der Waals surface area contributed by atoms with Gasteiger partial charge in [-0.1, -0.05) is 31.0 Å². The van der Waals surface area contributed by atoms with Gasteiger partial charge in [0.1, 0.15) is 0 Å². The standard InChI is InChI=1S/C20H33ClN4O2.HI/c1-4-6-16(10-12-26)14-24-20(22-5-2)23-11-9-19(27)25-18-8-7-15(3)13-17(18)21;/h7-8,13,16,26H,4-6,9-12,14H2,1-3H3,(H,25,27)(H2,22,23,24);1H. The third-order valence-corrected chi connectivity index (χ3v) is 4.44. The zero-order chi connectivity index (χ0) is 20.1. The maximum Gasteiger partial charge on any atom is 0.226 e. The Hall–Kier alpha value is -1.06. The van der Waals surface area contributed by atoms with Crippen molar-refractivity contribution in [1.82, 2.24) is 10.6 Å². The average Bonchev–Trinajstić information content (AvgIpc) is 2.62. The van der Waals surface area contributed by atoms with Crippen LogP contribution in [0.1, 0.15) is 45.1 Å². The highest BCUT2D eigenvalue weighted by Crippen LogP contribution is 2.22. The monoisotopic (exact) mass is 524 g/mol. The maximum absolute atomic E-state index is 12.1. The van der Waals surface area contributed by atoms with E-state index in [1.54, 1.807) is 0 Å². The largest absolute Gasteiger partial charge is 0.396 e. The Bertz CT molecular complexity index is 608. The number of aliphatic imine (C=N–C) groups is 1. The lowest BCUT2D eigenvalue weighted by molar-refractivity contribution is -0.116. The fourth-order valence-electron chi connectivity index (χ4n) is 2.71. The van der Waals surface area contributed by atoms with Gasteiger partial charge in [0.15, 0.2) is 5.96 Å². The fraction of sp³-hybridized carbons (Fsp3) is 0.600. The van der Waals surface area contributed by atoms with E-state index in [1.807, 2.05) is 32.0 Å². The molecule has 160 valence electrons. The summed E-state index contributed by atoms with van der Waals surface area (Å²) >= 11 is 6.14. The highest BCUT2D eigenvalue weighted by Gasteiger charge is 2.09. The van der Waals surface area contributed by atoms with Gasteiger partial charge >= 0.3 is 0 Å². The van der Waals surface area contributed by atoms with Crippen LogP contribution in [0, 0.1) is 12.8 Å². The van der Waals surface area contributed by atoms with Gasteiger partial charge in [-0.15, -0.1) is 24.0 Å². The Labute approximate surface area is 190 Å². The van der Waals surface area contributed by atoms with Gasteiger partial charge in [-0.2, -0.15) is 0 Å². The molecule has 1 amide bonds. The molecule has 4 N–H and O–H groups in total. The van der Waals surface area contributed by atoms with Gasteiger partial charge in [-0.3, -0.25) is 9.79 Å². The molecule has 1 atom stereocenters. The zero-order valence-corrected chi connectivity index (χ0v) is 20.1. The van der Waals surface area contributed by atoms with Crippen LogP contribution in [0.3, 0.4) is 0 Å². The van der Waals surface area contributed by atoms with Crippen molar-refractivity contribution in [1.29, 1.82) is 0 Å². The van der Waals surface area contributed by atoms with E-state index in [0.29, 0.717) is 42.1 Å². The van der Waals surface area contributed by atoms with Crippen molar-refractivity contribution in [3.8, 4) is 0 Å². The molecule has 1 aromatic carbocycles. The lowest BCUT2D eigenvalue weighted by atomic mass is 10.0. The second-order valence-electron chi connectivity index (χ2n) is 6.59. The molecule has 1 unspecified atom stereocenters. The lowest BCUT2D eigenvalue weighted by Crippen LogP contribution is -2.39. The minimum atomic E-state index is -0.103. The molecule has 0 spiro atoms. The number of nitrogens with zero attached hydrogens (tertiary/aromatic N) is 1. The summed E-state index contributed by atoms with van der Waals surface area (Å²) in [5.74, 6) is 0.966. The highest BCUT2D eigenvalue weighted by molar-refractivity contribution is 14.0. The Morgan fingerprint density at radius 2 is 2.00 bits per heavy atom. The normalized spacial score (nSPS) is 12.1. The summed E-state index contributed by atoms with van der Waals surface area (Å²) in [4.78, 5) is 16.7. The van der Waals surface area contributed by atoms with E-state index < -0.39 is 0 Å². The molecule has 0 aliphatic rings. The number of carbonyl (C=O) groups excluding carboxylic acids is 1. The molecule has 0 aliphatic carbocycles. The van der Waals surface area contributed by atoms with E-state index in [2.05, 4.69) is 27.9 Å². The molecule has 1 rings (SSSR count). The first-order valence-electron chi connectivity index (χ1n) is 9.69. The zero-order valence-electron chi connectivity index (χ0n) is 17.1. The number of carbonyl (C=O) groups is 1. The number of amides is 1. The van der Waals surface area contributed by atoms with Crippen LogP contribution in [-0.2, 0) is 4.79 Å². The number of aliphatic hydroxyl groups excluding tert-OH is 1. The average molecular weight is 525 g/mol. The van der Waals surface area contributed by atoms with E-state index in [-0.39, 0.29) is 36.5 Å². The Balaban J connectivity index is 0.00000729. The maximum atomic E-state index is 12.1. The number of hydrogen-bond donors (Lipinski definition) is 4. The van der Waals surface area contributed by atoms with Crippen LogP contribution in [0.5, 0.6) is 0 Å². The number of hydrogen-bond acceptors (Lipinski definition) is 3. The van der Waals surface area contributed by atoms with E-state index in [9.17, 15) is 4.79 Å². The van der Waals surface area contributed by atoms with Gasteiger partial charge in [0.2, 0.25) is 5.91 Å². The van der Waals surface area contributed by atoms with Gasteiger partial charge in [-0.25, -0.2) is 0 Å². The number of nitrogens with one attached hydrogen (secondary N) is 3. The fourth-order valence-corrected chi connectivity index (χ4v) is 2.99. The lowest BCUT2D eigenvalue weighted by Gasteiger charge is -2.15. The quantitative estimate of drug-likeness (QED) is 0.201. The van der Waals surface area contributed by atoms with Gasteiger partial charge in [0.05, 0.1) is 10.7 Å². The number of guanidine groups is 1. The first-order chi connectivity index (χ1) is 13.0. The molecule has 0 saturated heterocycles. The third-order valence-electron chi connectivity index (χ3n) is 4.13. The smallest absolute Gasteiger partial charge is 0.226 e. The predicted molar refractivity (Wildman–Crippen MR) is 129 cm³/mol.